The van der Waals surface area contributed by atoms with Gasteiger partial charge in [-0.15, -0.1) is 11.3 Å². The van der Waals surface area contributed by atoms with Gasteiger partial charge in [0.05, 0.1) is 5.56 Å². The molecule has 0 bridgehead atoms. The van der Waals surface area contributed by atoms with E-state index in [0.29, 0.717) is 6.42 Å². The van der Waals surface area contributed by atoms with Crippen molar-refractivity contribution in [3.63, 3.8) is 0 Å². The molecule has 0 spiro atoms. The summed E-state index contributed by atoms with van der Waals surface area (Å²) < 4.78 is 38.1. The quantitative estimate of drug-likeness (QED) is 0.574. The molecule has 166 valence electrons. The van der Waals surface area contributed by atoms with Crippen LogP contribution in [0.15, 0.2) is 24.3 Å². The number of hydrogen-bond donors (Lipinski definition) is 3. The van der Waals surface area contributed by atoms with Crippen LogP contribution in [0.2, 0.25) is 0 Å². The predicted octanol–water partition coefficient (Wildman–Crippen LogP) is 2.25. The predicted molar refractivity (Wildman–Crippen MR) is 116 cm³/mol. The van der Waals surface area contributed by atoms with Crippen molar-refractivity contribution in [2.75, 3.05) is 16.4 Å². The molecule has 1 aromatic carbocycles. The van der Waals surface area contributed by atoms with Gasteiger partial charge in [0.1, 0.15) is 21.8 Å². The molecule has 2 aromatic rings. The molecule has 11 heteroatoms. The molecule has 0 saturated carbocycles. The second-order valence-corrected chi connectivity index (χ2v) is 10.7. The SMILES string of the molecule is CC(C(=O)Nc1sc2c(c1C(N)=O)CCCC2)S(=O)(=O)CC(=O)Nc1ccc(F)cc1. The Morgan fingerprint density at radius 2 is 1.77 bits per heavy atom. The van der Waals surface area contributed by atoms with Crippen molar-refractivity contribution < 1.29 is 27.2 Å². The van der Waals surface area contributed by atoms with Gasteiger partial charge in [0.2, 0.25) is 11.8 Å². The minimum Gasteiger partial charge on any atom is -0.365 e. The zero-order valence-corrected chi connectivity index (χ0v) is 18.4. The molecule has 3 amide bonds. The molecule has 1 aromatic heterocycles. The number of nitrogens with one attached hydrogen (secondary N) is 2. The van der Waals surface area contributed by atoms with Crippen molar-refractivity contribution in [1.82, 2.24) is 0 Å². The van der Waals surface area contributed by atoms with E-state index in [1.807, 2.05) is 0 Å². The van der Waals surface area contributed by atoms with Crippen molar-refractivity contribution in [3.8, 4) is 0 Å². The lowest BCUT2D eigenvalue weighted by Gasteiger charge is -2.14. The number of primary amides is 1. The average molecular weight is 468 g/mol. The summed E-state index contributed by atoms with van der Waals surface area (Å²) in [6, 6.07) is 4.83. The highest BCUT2D eigenvalue weighted by Gasteiger charge is 2.32. The number of amides is 3. The zero-order valence-electron chi connectivity index (χ0n) is 16.7. The van der Waals surface area contributed by atoms with Crippen LogP contribution < -0.4 is 16.4 Å². The highest BCUT2D eigenvalue weighted by atomic mass is 32.2. The highest BCUT2D eigenvalue weighted by Crippen LogP contribution is 2.38. The summed E-state index contributed by atoms with van der Waals surface area (Å²) in [5.74, 6) is -3.81. The minimum atomic E-state index is -4.15. The Kier molecular flexibility index (Phi) is 6.75. The van der Waals surface area contributed by atoms with Gasteiger partial charge < -0.3 is 16.4 Å². The van der Waals surface area contributed by atoms with Crippen molar-refractivity contribution >= 4 is 49.6 Å². The van der Waals surface area contributed by atoms with E-state index >= 15 is 0 Å². The number of thiophene rings is 1. The Morgan fingerprint density at radius 3 is 2.42 bits per heavy atom. The Bertz CT molecular complexity index is 1130. The second kappa shape index (κ2) is 9.15. The summed E-state index contributed by atoms with van der Waals surface area (Å²) in [6.45, 7) is 1.17. The van der Waals surface area contributed by atoms with Crippen molar-refractivity contribution in [2.45, 2.75) is 37.9 Å². The summed E-state index contributed by atoms with van der Waals surface area (Å²) >= 11 is 1.23. The molecule has 0 aliphatic heterocycles. The summed E-state index contributed by atoms with van der Waals surface area (Å²) in [7, 11) is -4.15. The fourth-order valence-corrected chi connectivity index (χ4v) is 5.70. The van der Waals surface area contributed by atoms with Crippen LogP contribution >= 0.6 is 11.3 Å². The molecule has 3 rings (SSSR count). The molecule has 1 heterocycles. The van der Waals surface area contributed by atoms with Crippen LogP contribution in [0.4, 0.5) is 15.1 Å². The van der Waals surface area contributed by atoms with E-state index in [4.69, 9.17) is 5.73 Å². The maximum absolute atomic E-state index is 12.9. The van der Waals surface area contributed by atoms with Crippen LogP contribution in [0.25, 0.3) is 0 Å². The number of aryl methyl sites for hydroxylation is 1. The molecular formula is C20H22FN3O5S2. The maximum atomic E-state index is 12.9. The fourth-order valence-electron chi connectivity index (χ4n) is 3.33. The van der Waals surface area contributed by atoms with Gasteiger partial charge in [0.25, 0.3) is 5.91 Å². The third-order valence-corrected chi connectivity index (χ3v) is 8.19. The normalized spacial score (nSPS) is 14.4. The van der Waals surface area contributed by atoms with Crippen LogP contribution in [-0.2, 0) is 32.3 Å². The van der Waals surface area contributed by atoms with Crippen molar-refractivity contribution in [2.24, 2.45) is 5.73 Å². The molecule has 1 atom stereocenters. The number of hydrogen-bond acceptors (Lipinski definition) is 6. The molecule has 1 unspecified atom stereocenters. The topological polar surface area (TPSA) is 135 Å². The van der Waals surface area contributed by atoms with E-state index in [0.717, 1.165) is 41.8 Å². The number of halogens is 1. The molecule has 0 radical (unpaired) electrons. The van der Waals surface area contributed by atoms with Gasteiger partial charge in [-0.3, -0.25) is 14.4 Å². The number of rotatable bonds is 7. The van der Waals surface area contributed by atoms with Gasteiger partial charge in [-0.25, -0.2) is 12.8 Å². The third kappa shape index (κ3) is 5.28. The number of sulfone groups is 1. The second-order valence-electron chi connectivity index (χ2n) is 7.27. The van der Waals surface area contributed by atoms with Crippen LogP contribution in [-0.4, -0.2) is 37.1 Å². The van der Waals surface area contributed by atoms with E-state index in [1.54, 1.807) is 0 Å². The van der Waals surface area contributed by atoms with Gasteiger partial charge in [0, 0.05) is 10.6 Å². The number of benzene rings is 1. The maximum Gasteiger partial charge on any atom is 0.251 e. The van der Waals surface area contributed by atoms with E-state index in [9.17, 15) is 27.2 Å². The number of fused-ring (bicyclic) bond motifs is 1. The lowest BCUT2D eigenvalue weighted by Crippen LogP contribution is -2.37. The van der Waals surface area contributed by atoms with E-state index in [2.05, 4.69) is 10.6 Å². The minimum absolute atomic E-state index is 0.228. The van der Waals surface area contributed by atoms with Crippen LogP contribution in [0.1, 0.15) is 40.6 Å². The molecule has 8 nitrogen and oxygen atoms in total. The number of carbonyl (C=O) groups is 3. The first-order chi connectivity index (χ1) is 14.6. The van der Waals surface area contributed by atoms with Crippen molar-refractivity contribution in [3.05, 3.63) is 46.1 Å². The largest absolute Gasteiger partial charge is 0.365 e. The Hall–Kier alpha value is -2.79. The molecule has 0 saturated heterocycles. The van der Waals surface area contributed by atoms with Crippen LogP contribution in [0, 0.1) is 5.82 Å². The fraction of sp³-hybridized carbons (Fsp3) is 0.350. The summed E-state index contributed by atoms with van der Waals surface area (Å²) in [4.78, 5) is 37.6. The molecular weight excluding hydrogens is 445 g/mol. The number of carbonyl (C=O) groups excluding carboxylic acids is 3. The number of anilines is 2. The molecule has 1 aliphatic carbocycles. The summed E-state index contributed by atoms with van der Waals surface area (Å²) in [5.41, 5.74) is 6.76. The monoisotopic (exact) mass is 467 g/mol. The highest BCUT2D eigenvalue weighted by molar-refractivity contribution is 7.93. The first kappa shape index (κ1) is 22.9. The zero-order chi connectivity index (χ0) is 22.8. The standard InChI is InChI=1S/C20H22FN3O5S2/c1-11(31(28,29)10-16(25)23-13-8-6-12(21)7-9-13)19(27)24-20-17(18(22)26)14-4-2-3-5-15(14)30-20/h6-9,11H,2-5,10H2,1H3,(H2,22,26)(H,23,25)(H,24,27). The van der Waals surface area contributed by atoms with Crippen LogP contribution in [0.3, 0.4) is 0 Å². The van der Waals surface area contributed by atoms with Gasteiger partial charge >= 0.3 is 0 Å². The first-order valence-corrected chi connectivity index (χ1v) is 12.1. The Balaban J connectivity index is 1.70. The molecule has 4 N–H and O–H groups in total. The Morgan fingerprint density at radius 1 is 1.13 bits per heavy atom. The summed E-state index contributed by atoms with van der Waals surface area (Å²) in [6.07, 6.45) is 3.32. The van der Waals surface area contributed by atoms with Gasteiger partial charge in [-0.05, 0) is 62.4 Å². The molecule has 0 fully saturated rings. The van der Waals surface area contributed by atoms with Gasteiger partial charge in [0.15, 0.2) is 9.84 Å². The molecule has 1 aliphatic rings. The smallest absolute Gasteiger partial charge is 0.251 e. The van der Waals surface area contributed by atoms with Gasteiger partial charge in [-0.1, -0.05) is 0 Å². The van der Waals surface area contributed by atoms with E-state index < -0.39 is 44.4 Å². The molecule has 31 heavy (non-hydrogen) atoms. The Labute approximate surface area is 182 Å². The van der Waals surface area contributed by atoms with E-state index in [1.165, 1.54) is 30.4 Å². The van der Waals surface area contributed by atoms with Crippen molar-refractivity contribution in [1.29, 1.82) is 0 Å². The lowest BCUT2D eigenvalue weighted by molar-refractivity contribution is -0.115. The lowest BCUT2D eigenvalue weighted by atomic mass is 9.95. The van der Waals surface area contributed by atoms with Crippen LogP contribution in [0.5, 0.6) is 0 Å². The summed E-state index contributed by atoms with van der Waals surface area (Å²) in [5, 5.41) is 3.56. The van der Waals surface area contributed by atoms with E-state index in [-0.39, 0.29) is 16.3 Å². The van der Waals surface area contributed by atoms with Gasteiger partial charge in [-0.2, -0.15) is 0 Å². The number of nitrogens with two attached hydrogens (primary N) is 1. The average Bonchev–Trinajstić information content (AvgIpc) is 3.06. The third-order valence-electron chi connectivity index (χ3n) is 5.02. The first-order valence-electron chi connectivity index (χ1n) is 9.60.